The molecule has 0 rings (SSSR count). The van der Waals surface area contributed by atoms with E-state index in [9.17, 15) is 18.0 Å². The Balaban J connectivity index is -0.000000410. The minimum atomic E-state index is -4.19. The Labute approximate surface area is 146 Å². The molecule has 24 heavy (non-hydrogen) atoms. The van der Waals surface area contributed by atoms with Gasteiger partial charge in [0.05, 0.1) is 0 Å². The highest BCUT2D eigenvalue weighted by Crippen LogP contribution is 2.22. The van der Waals surface area contributed by atoms with E-state index in [1.807, 2.05) is 13.8 Å². The summed E-state index contributed by atoms with van der Waals surface area (Å²) in [6, 6.07) is 0. The lowest BCUT2D eigenvalue weighted by Gasteiger charge is -2.01. The Morgan fingerprint density at radius 3 is 1.42 bits per heavy atom. The summed E-state index contributed by atoms with van der Waals surface area (Å²) in [4.78, 5) is 10.2. The highest BCUT2D eigenvalue weighted by molar-refractivity contribution is 5.66. The highest BCUT2D eigenvalue weighted by atomic mass is 19.4. The monoisotopic (exact) mass is 354 g/mol. The first-order valence-electron chi connectivity index (χ1n) is 9.16. The van der Waals surface area contributed by atoms with Crippen LogP contribution < -0.4 is 0 Å². The van der Waals surface area contributed by atoms with E-state index in [0.29, 0.717) is 6.42 Å². The number of unbranched alkanes of at least 4 members (excludes halogenated alkanes) is 9. The molecule has 146 valence electrons. The third-order valence-corrected chi connectivity index (χ3v) is 3.23. The van der Waals surface area contributed by atoms with Crippen molar-refractivity contribution in [2.45, 2.75) is 105 Å². The van der Waals surface area contributed by atoms with Crippen LogP contribution >= 0.6 is 0 Å². The minimum absolute atomic E-state index is 0.344. The van der Waals surface area contributed by atoms with Gasteiger partial charge in [-0.15, -0.1) is 0 Å². The zero-order valence-corrected chi connectivity index (χ0v) is 16.0. The second kappa shape index (κ2) is 20.0. The number of aliphatic carboxylic acids is 1. The Hall–Kier alpha value is -1.00. The van der Waals surface area contributed by atoms with Gasteiger partial charge in [-0.2, -0.15) is 13.2 Å². The predicted molar refractivity (Wildman–Crippen MR) is 96.3 cm³/mol. The Kier molecular flexibility index (Phi) is 23.2. The first-order chi connectivity index (χ1) is 11.2. The van der Waals surface area contributed by atoms with Crippen LogP contribution in [0.25, 0.3) is 0 Å². The van der Waals surface area contributed by atoms with Gasteiger partial charge in [-0.25, -0.2) is 0 Å². The molecule has 0 radical (unpaired) electrons. The molecule has 0 aliphatic heterocycles. The van der Waals surface area contributed by atoms with Gasteiger partial charge in [0, 0.05) is 12.0 Å². The molecule has 0 saturated carbocycles. The van der Waals surface area contributed by atoms with E-state index in [-0.39, 0.29) is 0 Å². The van der Waals surface area contributed by atoms with E-state index >= 15 is 0 Å². The number of carbonyl (C=O) groups is 1. The SMILES string of the molecule is C=C(C)C(F)(F)F.CC.CCCCCCCCCCCCC(=O)O. The van der Waals surface area contributed by atoms with Crippen LogP contribution in [0.15, 0.2) is 12.2 Å². The van der Waals surface area contributed by atoms with E-state index in [1.165, 1.54) is 51.4 Å². The largest absolute Gasteiger partial charge is 0.481 e. The lowest BCUT2D eigenvalue weighted by atomic mass is 10.1. The summed E-state index contributed by atoms with van der Waals surface area (Å²) in [5.74, 6) is -0.658. The third-order valence-electron chi connectivity index (χ3n) is 3.23. The maximum absolute atomic E-state index is 11.1. The Morgan fingerprint density at radius 1 is 0.875 bits per heavy atom. The summed E-state index contributed by atoms with van der Waals surface area (Å²) in [6.45, 7) is 9.87. The molecule has 5 heteroatoms. The molecule has 2 nitrogen and oxygen atoms in total. The molecule has 0 atom stereocenters. The summed E-state index contributed by atoms with van der Waals surface area (Å²) in [6.07, 6.45) is 8.72. The van der Waals surface area contributed by atoms with E-state index < -0.39 is 17.7 Å². The van der Waals surface area contributed by atoms with Crippen LogP contribution in [0.4, 0.5) is 13.2 Å². The zero-order valence-electron chi connectivity index (χ0n) is 16.0. The number of allylic oxidation sites excluding steroid dienone is 1. The standard InChI is InChI=1S/C13H26O2.C4H5F3.C2H6/c1-2-3-4-5-6-7-8-9-10-11-12-13(14)15;1-3(2)4(5,6)7;1-2/h2-12H2,1H3,(H,14,15);1H2,2H3;1-2H3. The van der Waals surface area contributed by atoms with Gasteiger partial charge in [0.25, 0.3) is 0 Å². The fraction of sp³-hybridized carbons (Fsp3) is 0.842. The lowest BCUT2D eigenvalue weighted by molar-refractivity contribution is -0.137. The van der Waals surface area contributed by atoms with Crippen LogP contribution in [-0.2, 0) is 4.79 Å². The molecule has 0 bridgehead atoms. The fourth-order valence-electron chi connectivity index (χ4n) is 1.76. The molecular weight excluding hydrogens is 317 g/mol. The van der Waals surface area contributed by atoms with Crippen LogP contribution in [0.1, 0.15) is 98.3 Å². The average molecular weight is 354 g/mol. The minimum Gasteiger partial charge on any atom is -0.481 e. The van der Waals surface area contributed by atoms with Crippen molar-refractivity contribution in [2.75, 3.05) is 0 Å². The Bertz CT molecular complexity index is 287. The maximum Gasteiger partial charge on any atom is 0.411 e. The molecular formula is C19H37F3O2. The first kappa shape index (κ1) is 27.8. The fourth-order valence-corrected chi connectivity index (χ4v) is 1.76. The van der Waals surface area contributed by atoms with Crippen LogP contribution in [-0.4, -0.2) is 17.3 Å². The van der Waals surface area contributed by atoms with E-state index in [2.05, 4.69) is 13.5 Å². The van der Waals surface area contributed by atoms with Crippen LogP contribution in [0, 0.1) is 0 Å². The van der Waals surface area contributed by atoms with Crippen LogP contribution in [0.5, 0.6) is 0 Å². The van der Waals surface area contributed by atoms with Crippen LogP contribution in [0.3, 0.4) is 0 Å². The molecule has 0 aliphatic rings. The molecule has 0 aliphatic carbocycles. The number of rotatable bonds is 11. The average Bonchev–Trinajstić information content (AvgIpc) is 2.50. The second-order valence-electron chi connectivity index (χ2n) is 5.60. The predicted octanol–water partition coefficient (Wildman–Crippen LogP) is 7.53. The summed E-state index contributed by atoms with van der Waals surface area (Å²) in [7, 11) is 0. The molecule has 0 heterocycles. The summed E-state index contributed by atoms with van der Waals surface area (Å²) in [5.41, 5.74) is -0.757. The van der Waals surface area contributed by atoms with Gasteiger partial charge in [0.2, 0.25) is 0 Å². The van der Waals surface area contributed by atoms with E-state index in [1.54, 1.807) is 0 Å². The Morgan fingerprint density at radius 2 is 1.17 bits per heavy atom. The summed E-state index contributed by atoms with van der Waals surface area (Å²) < 4.78 is 33.2. The second-order valence-corrected chi connectivity index (χ2v) is 5.60. The van der Waals surface area contributed by atoms with Gasteiger partial charge in [-0.1, -0.05) is 85.1 Å². The number of carboxylic acids is 1. The summed E-state index contributed by atoms with van der Waals surface area (Å²) in [5, 5.41) is 8.44. The number of alkyl halides is 3. The topological polar surface area (TPSA) is 37.3 Å². The molecule has 0 fully saturated rings. The van der Waals surface area contributed by atoms with Crippen molar-refractivity contribution in [2.24, 2.45) is 0 Å². The molecule has 0 aromatic carbocycles. The summed E-state index contributed by atoms with van der Waals surface area (Å²) >= 11 is 0. The van der Waals surface area contributed by atoms with Crippen molar-refractivity contribution in [1.29, 1.82) is 0 Å². The van der Waals surface area contributed by atoms with Crippen molar-refractivity contribution < 1.29 is 23.1 Å². The van der Waals surface area contributed by atoms with Crippen molar-refractivity contribution in [3.8, 4) is 0 Å². The van der Waals surface area contributed by atoms with Crippen LogP contribution in [0.2, 0.25) is 0 Å². The van der Waals surface area contributed by atoms with Crippen molar-refractivity contribution in [3.05, 3.63) is 12.2 Å². The van der Waals surface area contributed by atoms with E-state index in [4.69, 9.17) is 5.11 Å². The third kappa shape index (κ3) is 29.1. The molecule has 0 unspecified atom stereocenters. The maximum atomic E-state index is 11.1. The molecule has 0 saturated heterocycles. The lowest BCUT2D eigenvalue weighted by Crippen LogP contribution is -2.06. The molecule has 0 aromatic heterocycles. The molecule has 0 amide bonds. The van der Waals surface area contributed by atoms with Crippen molar-refractivity contribution >= 4 is 5.97 Å². The molecule has 0 aromatic rings. The van der Waals surface area contributed by atoms with Crippen molar-refractivity contribution in [3.63, 3.8) is 0 Å². The normalized spacial score (nSPS) is 10.1. The zero-order chi connectivity index (χ0) is 19.4. The van der Waals surface area contributed by atoms with Gasteiger partial charge >= 0.3 is 12.1 Å². The smallest absolute Gasteiger partial charge is 0.411 e. The van der Waals surface area contributed by atoms with E-state index in [0.717, 1.165) is 19.8 Å². The van der Waals surface area contributed by atoms with Gasteiger partial charge < -0.3 is 5.11 Å². The van der Waals surface area contributed by atoms with Gasteiger partial charge in [0.15, 0.2) is 0 Å². The van der Waals surface area contributed by atoms with Gasteiger partial charge in [0.1, 0.15) is 0 Å². The number of carboxylic acid groups (broad SMARTS) is 1. The van der Waals surface area contributed by atoms with Gasteiger partial charge in [-0.05, 0) is 13.3 Å². The van der Waals surface area contributed by atoms with Gasteiger partial charge in [-0.3, -0.25) is 4.79 Å². The number of hydrogen-bond acceptors (Lipinski definition) is 1. The number of hydrogen-bond donors (Lipinski definition) is 1. The first-order valence-corrected chi connectivity index (χ1v) is 9.16. The highest BCUT2D eigenvalue weighted by Gasteiger charge is 2.27. The molecule has 0 spiro atoms. The van der Waals surface area contributed by atoms with Crippen molar-refractivity contribution in [1.82, 2.24) is 0 Å². The molecule has 1 N–H and O–H groups in total. The quantitative estimate of drug-likeness (QED) is 0.307. The number of halogens is 3.